The Kier molecular flexibility index (Phi) is 5.05. The van der Waals surface area contributed by atoms with Gasteiger partial charge in [-0.15, -0.1) is 0 Å². The molecule has 2 aliphatic rings. The molecule has 0 saturated carbocycles. The fourth-order valence-electron chi connectivity index (χ4n) is 3.99. The van der Waals surface area contributed by atoms with Crippen molar-refractivity contribution >= 4 is 23.2 Å². The highest BCUT2D eigenvalue weighted by Crippen LogP contribution is 2.29. The van der Waals surface area contributed by atoms with Gasteiger partial charge in [0.1, 0.15) is 0 Å². The molecular formula is C22H25N3O3. The van der Waals surface area contributed by atoms with Gasteiger partial charge in [-0.3, -0.25) is 9.59 Å². The highest BCUT2D eigenvalue weighted by atomic mass is 16.3. The summed E-state index contributed by atoms with van der Waals surface area (Å²) in [6, 6.07) is 15.3. The van der Waals surface area contributed by atoms with E-state index >= 15 is 0 Å². The molecule has 2 amide bonds. The van der Waals surface area contributed by atoms with Crippen molar-refractivity contribution in [3.8, 4) is 0 Å². The van der Waals surface area contributed by atoms with Crippen LogP contribution in [0.25, 0.3) is 0 Å². The minimum absolute atomic E-state index is 0.0466. The van der Waals surface area contributed by atoms with Crippen LogP contribution >= 0.6 is 0 Å². The van der Waals surface area contributed by atoms with Crippen LogP contribution in [0.15, 0.2) is 48.5 Å². The number of anilines is 2. The molecule has 4 rings (SSSR count). The number of para-hydroxylation sites is 1. The molecule has 0 aromatic heterocycles. The van der Waals surface area contributed by atoms with Crippen LogP contribution < -0.4 is 15.1 Å². The Morgan fingerprint density at radius 3 is 2.82 bits per heavy atom. The number of benzene rings is 2. The number of hydrogen-bond acceptors (Lipinski definition) is 4. The van der Waals surface area contributed by atoms with Gasteiger partial charge in [-0.05, 0) is 35.7 Å². The number of nitrogens with one attached hydrogen (secondary N) is 1. The molecule has 2 N–H and O–H groups in total. The Hall–Kier alpha value is -2.86. The quantitative estimate of drug-likeness (QED) is 0.832. The number of aliphatic hydroxyl groups is 1. The predicted octanol–water partition coefficient (Wildman–Crippen LogP) is 1.88. The predicted molar refractivity (Wildman–Crippen MR) is 108 cm³/mol. The van der Waals surface area contributed by atoms with Crippen LogP contribution in [0.1, 0.15) is 23.7 Å². The van der Waals surface area contributed by atoms with Crippen LogP contribution in [0.2, 0.25) is 0 Å². The maximum atomic E-state index is 12.5. The number of rotatable bonds is 5. The number of aliphatic hydroxyl groups excluding tert-OH is 1. The maximum Gasteiger partial charge on any atom is 0.227 e. The van der Waals surface area contributed by atoms with E-state index in [1.54, 1.807) is 4.90 Å². The van der Waals surface area contributed by atoms with Gasteiger partial charge in [0, 0.05) is 44.5 Å². The molecule has 2 aromatic rings. The minimum Gasteiger partial charge on any atom is -0.387 e. The summed E-state index contributed by atoms with van der Waals surface area (Å²) in [7, 11) is 2.06. The van der Waals surface area contributed by atoms with E-state index in [9.17, 15) is 14.7 Å². The molecule has 2 aromatic carbocycles. The summed E-state index contributed by atoms with van der Waals surface area (Å²) in [5, 5.41) is 13.3. The number of fused-ring (bicyclic) bond motifs is 1. The lowest BCUT2D eigenvalue weighted by molar-refractivity contribution is -0.126. The molecule has 2 atom stereocenters. The summed E-state index contributed by atoms with van der Waals surface area (Å²) < 4.78 is 0. The topological polar surface area (TPSA) is 72.9 Å². The van der Waals surface area contributed by atoms with E-state index in [4.69, 9.17) is 0 Å². The van der Waals surface area contributed by atoms with Crippen LogP contribution in [0.5, 0.6) is 0 Å². The zero-order chi connectivity index (χ0) is 19.7. The first-order valence-corrected chi connectivity index (χ1v) is 9.68. The molecule has 6 heteroatoms. The summed E-state index contributed by atoms with van der Waals surface area (Å²) in [5.74, 6) is -0.630. The van der Waals surface area contributed by atoms with Crippen molar-refractivity contribution in [3.63, 3.8) is 0 Å². The van der Waals surface area contributed by atoms with E-state index in [-0.39, 0.29) is 24.8 Å². The Morgan fingerprint density at radius 1 is 1.25 bits per heavy atom. The molecule has 0 radical (unpaired) electrons. The Bertz CT molecular complexity index is 884. The molecule has 146 valence electrons. The van der Waals surface area contributed by atoms with Crippen LogP contribution in [0.4, 0.5) is 11.4 Å². The van der Waals surface area contributed by atoms with Gasteiger partial charge in [0.05, 0.1) is 12.0 Å². The zero-order valence-electron chi connectivity index (χ0n) is 16.0. The van der Waals surface area contributed by atoms with Crippen LogP contribution in [-0.2, 0) is 16.0 Å². The number of carbonyl (C=O) groups is 2. The van der Waals surface area contributed by atoms with E-state index < -0.39 is 12.0 Å². The largest absolute Gasteiger partial charge is 0.387 e. The first-order valence-electron chi connectivity index (χ1n) is 9.68. The number of amides is 2. The van der Waals surface area contributed by atoms with Gasteiger partial charge in [-0.2, -0.15) is 0 Å². The minimum atomic E-state index is -0.762. The molecule has 1 saturated heterocycles. The van der Waals surface area contributed by atoms with Gasteiger partial charge in [0.25, 0.3) is 0 Å². The van der Waals surface area contributed by atoms with Gasteiger partial charge >= 0.3 is 0 Å². The Morgan fingerprint density at radius 2 is 2.04 bits per heavy atom. The third kappa shape index (κ3) is 3.60. The summed E-state index contributed by atoms with van der Waals surface area (Å²) >= 11 is 0. The summed E-state index contributed by atoms with van der Waals surface area (Å²) in [6.45, 7) is 1.50. The second kappa shape index (κ2) is 7.64. The monoisotopic (exact) mass is 379 g/mol. The average Bonchev–Trinajstić information content (AvgIpc) is 3.29. The molecule has 0 bridgehead atoms. The second-order valence-electron chi connectivity index (χ2n) is 7.56. The molecular weight excluding hydrogens is 354 g/mol. The number of nitrogens with zero attached hydrogens (tertiary/aromatic N) is 2. The van der Waals surface area contributed by atoms with E-state index in [2.05, 4.69) is 17.3 Å². The van der Waals surface area contributed by atoms with Gasteiger partial charge in [0.2, 0.25) is 11.8 Å². The molecule has 0 spiro atoms. The van der Waals surface area contributed by atoms with Crippen LogP contribution in [-0.4, -0.2) is 43.6 Å². The van der Waals surface area contributed by atoms with Crippen molar-refractivity contribution in [2.24, 2.45) is 5.92 Å². The molecule has 2 aliphatic heterocycles. The lowest BCUT2D eigenvalue weighted by Crippen LogP contribution is -2.35. The molecule has 28 heavy (non-hydrogen) atoms. The fourth-order valence-corrected chi connectivity index (χ4v) is 3.99. The first-order chi connectivity index (χ1) is 13.5. The van der Waals surface area contributed by atoms with E-state index in [1.807, 2.05) is 48.5 Å². The van der Waals surface area contributed by atoms with Gasteiger partial charge in [-0.25, -0.2) is 0 Å². The first kappa shape index (κ1) is 18.5. The Balaban J connectivity index is 1.34. The zero-order valence-corrected chi connectivity index (χ0v) is 16.0. The highest BCUT2D eigenvalue weighted by Gasteiger charge is 2.35. The van der Waals surface area contributed by atoms with Gasteiger partial charge in [0.15, 0.2) is 0 Å². The molecule has 0 aliphatic carbocycles. The SMILES string of the molecule is CN1CCc2cc(C(O)CNC(=O)C3CC(=O)N(c4ccccc4)C3)ccc21. The fraction of sp³-hybridized carbons (Fsp3) is 0.364. The lowest BCUT2D eigenvalue weighted by Gasteiger charge is -2.18. The van der Waals surface area contributed by atoms with Crippen molar-refractivity contribution in [1.82, 2.24) is 5.32 Å². The van der Waals surface area contributed by atoms with Crippen molar-refractivity contribution < 1.29 is 14.7 Å². The second-order valence-corrected chi connectivity index (χ2v) is 7.56. The summed E-state index contributed by atoms with van der Waals surface area (Å²) in [4.78, 5) is 28.7. The van der Waals surface area contributed by atoms with Crippen LogP contribution in [0.3, 0.4) is 0 Å². The van der Waals surface area contributed by atoms with Gasteiger partial charge in [-0.1, -0.05) is 30.3 Å². The van der Waals surface area contributed by atoms with Crippen molar-refractivity contribution in [2.45, 2.75) is 18.9 Å². The third-order valence-corrected chi connectivity index (χ3v) is 5.65. The lowest BCUT2D eigenvalue weighted by atomic mass is 10.0. The molecule has 6 nitrogen and oxygen atoms in total. The van der Waals surface area contributed by atoms with E-state index in [0.29, 0.717) is 6.54 Å². The van der Waals surface area contributed by atoms with Crippen molar-refractivity contribution in [2.75, 3.05) is 36.5 Å². The molecule has 1 fully saturated rings. The number of likely N-dealkylation sites (N-methyl/N-ethyl adjacent to an activating group) is 1. The Labute approximate surface area is 164 Å². The highest BCUT2D eigenvalue weighted by molar-refractivity contribution is 6.00. The normalized spacial score (nSPS) is 19.6. The van der Waals surface area contributed by atoms with Crippen molar-refractivity contribution in [1.29, 1.82) is 0 Å². The maximum absolute atomic E-state index is 12.5. The number of carbonyl (C=O) groups excluding carboxylic acids is 2. The average molecular weight is 379 g/mol. The van der Waals surface area contributed by atoms with Crippen molar-refractivity contribution in [3.05, 3.63) is 59.7 Å². The van der Waals surface area contributed by atoms with Crippen LogP contribution in [0, 0.1) is 5.92 Å². The standard InChI is InChI=1S/C22H25N3O3/c1-24-10-9-15-11-16(7-8-19(15)24)20(26)13-23-22(28)17-12-21(27)25(14-17)18-5-3-2-4-6-18/h2-8,11,17,20,26H,9-10,12-14H2,1H3,(H,23,28). The molecule has 2 unspecified atom stereocenters. The van der Waals surface area contributed by atoms with Gasteiger partial charge < -0.3 is 20.2 Å². The smallest absolute Gasteiger partial charge is 0.227 e. The third-order valence-electron chi connectivity index (χ3n) is 5.65. The number of hydrogen-bond donors (Lipinski definition) is 2. The van der Waals surface area contributed by atoms with E-state index in [0.717, 1.165) is 24.2 Å². The van der Waals surface area contributed by atoms with E-state index in [1.165, 1.54) is 11.3 Å². The summed E-state index contributed by atoms with van der Waals surface area (Å²) in [6.07, 6.45) is 0.405. The summed E-state index contributed by atoms with van der Waals surface area (Å²) in [5.41, 5.74) is 4.05. The molecule has 2 heterocycles.